The van der Waals surface area contributed by atoms with Crippen LogP contribution in [0.1, 0.15) is 17.3 Å². The molecule has 16 heavy (non-hydrogen) atoms. The van der Waals surface area contributed by atoms with E-state index >= 15 is 0 Å². The van der Waals surface area contributed by atoms with Gasteiger partial charge in [-0.15, -0.1) is 0 Å². The van der Waals surface area contributed by atoms with Gasteiger partial charge >= 0.3 is 0 Å². The normalized spacial score (nSPS) is 9.69. The number of hydrogen-bond donors (Lipinski definition) is 1. The van der Waals surface area contributed by atoms with Gasteiger partial charge in [0.1, 0.15) is 0 Å². The van der Waals surface area contributed by atoms with Crippen LogP contribution < -0.4 is 15.0 Å². The number of nitrogens with one attached hydrogen (secondary N) is 1. The van der Waals surface area contributed by atoms with Crippen molar-refractivity contribution in [3.05, 3.63) is 23.8 Å². The lowest BCUT2D eigenvalue weighted by Gasteiger charge is -2.09. The van der Waals surface area contributed by atoms with Crippen LogP contribution in [0, 0.1) is 0 Å². The standard InChI is InChI=1S/C11H15NO4/c1-4-16-12-11(13)8-5-6-9(14-2)10(7-8)15-3/h5-7H,4H2,1-3H3,(H,12,13). The lowest BCUT2D eigenvalue weighted by molar-refractivity contribution is 0.0364. The molecule has 0 aliphatic carbocycles. The molecule has 0 aliphatic rings. The largest absolute Gasteiger partial charge is 0.493 e. The van der Waals surface area contributed by atoms with E-state index in [2.05, 4.69) is 5.48 Å². The molecule has 1 rings (SSSR count). The fourth-order valence-corrected chi connectivity index (χ4v) is 1.17. The van der Waals surface area contributed by atoms with E-state index in [4.69, 9.17) is 14.3 Å². The predicted octanol–water partition coefficient (Wildman–Crippen LogP) is 1.39. The molecule has 0 bridgehead atoms. The molecule has 0 aromatic heterocycles. The third-order valence-corrected chi connectivity index (χ3v) is 1.95. The average Bonchev–Trinajstić information content (AvgIpc) is 2.34. The molecule has 5 heteroatoms. The first-order valence-electron chi connectivity index (χ1n) is 4.87. The van der Waals surface area contributed by atoms with Gasteiger partial charge in [-0.2, -0.15) is 0 Å². The molecule has 0 unspecified atom stereocenters. The fraction of sp³-hybridized carbons (Fsp3) is 0.364. The highest BCUT2D eigenvalue weighted by molar-refractivity contribution is 5.94. The predicted molar refractivity (Wildman–Crippen MR) is 58.6 cm³/mol. The smallest absolute Gasteiger partial charge is 0.274 e. The highest BCUT2D eigenvalue weighted by Gasteiger charge is 2.10. The Hall–Kier alpha value is -1.75. The van der Waals surface area contributed by atoms with Gasteiger partial charge in [-0.3, -0.25) is 9.63 Å². The van der Waals surface area contributed by atoms with Crippen molar-refractivity contribution >= 4 is 5.91 Å². The Morgan fingerprint density at radius 1 is 1.25 bits per heavy atom. The molecule has 88 valence electrons. The molecule has 1 aromatic carbocycles. The summed E-state index contributed by atoms with van der Waals surface area (Å²) < 4.78 is 10.1. The molecule has 0 saturated heterocycles. The topological polar surface area (TPSA) is 56.8 Å². The molecule has 0 saturated carbocycles. The molecule has 0 spiro atoms. The number of ether oxygens (including phenoxy) is 2. The van der Waals surface area contributed by atoms with Crippen LogP contribution >= 0.6 is 0 Å². The highest BCUT2D eigenvalue weighted by Crippen LogP contribution is 2.27. The minimum Gasteiger partial charge on any atom is -0.493 e. The second kappa shape index (κ2) is 5.97. The number of benzene rings is 1. The van der Waals surface area contributed by atoms with Crippen LogP contribution in [-0.2, 0) is 4.84 Å². The van der Waals surface area contributed by atoms with Gasteiger partial charge in [0.25, 0.3) is 5.91 Å². The van der Waals surface area contributed by atoms with Crippen LogP contribution in [-0.4, -0.2) is 26.7 Å². The summed E-state index contributed by atoms with van der Waals surface area (Å²) in [4.78, 5) is 16.3. The summed E-state index contributed by atoms with van der Waals surface area (Å²) in [7, 11) is 3.06. The Morgan fingerprint density at radius 2 is 1.94 bits per heavy atom. The van der Waals surface area contributed by atoms with Crippen LogP contribution in [0.3, 0.4) is 0 Å². The molecule has 1 amide bonds. The number of carbonyl (C=O) groups excluding carboxylic acids is 1. The summed E-state index contributed by atoms with van der Waals surface area (Å²) in [6, 6.07) is 4.89. The van der Waals surface area contributed by atoms with E-state index in [0.717, 1.165) is 0 Å². The van der Waals surface area contributed by atoms with E-state index in [1.54, 1.807) is 25.1 Å². The Labute approximate surface area is 94.3 Å². The highest BCUT2D eigenvalue weighted by atomic mass is 16.6. The van der Waals surface area contributed by atoms with Crippen molar-refractivity contribution in [1.82, 2.24) is 5.48 Å². The zero-order chi connectivity index (χ0) is 12.0. The van der Waals surface area contributed by atoms with Gasteiger partial charge in [0.2, 0.25) is 0 Å². The summed E-state index contributed by atoms with van der Waals surface area (Å²) in [6.45, 7) is 2.20. The summed E-state index contributed by atoms with van der Waals surface area (Å²) in [5, 5.41) is 0. The lowest BCUT2D eigenvalue weighted by atomic mass is 10.2. The Morgan fingerprint density at radius 3 is 2.50 bits per heavy atom. The van der Waals surface area contributed by atoms with Crippen LogP contribution in [0.5, 0.6) is 11.5 Å². The van der Waals surface area contributed by atoms with Gasteiger partial charge in [-0.25, -0.2) is 5.48 Å². The maximum absolute atomic E-state index is 11.5. The van der Waals surface area contributed by atoms with Gasteiger partial charge in [-0.05, 0) is 25.1 Å². The number of hydrogen-bond acceptors (Lipinski definition) is 4. The van der Waals surface area contributed by atoms with Crippen molar-refractivity contribution in [2.75, 3.05) is 20.8 Å². The number of carbonyl (C=O) groups is 1. The van der Waals surface area contributed by atoms with E-state index in [1.165, 1.54) is 14.2 Å². The molecular formula is C11H15NO4. The molecular weight excluding hydrogens is 210 g/mol. The van der Waals surface area contributed by atoms with E-state index in [9.17, 15) is 4.79 Å². The number of amides is 1. The van der Waals surface area contributed by atoms with Gasteiger partial charge in [-0.1, -0.05) is 0 Å². The summed E-state index contributed by atoms with van der Waals surface area (Å²) >= 11 is 0. The Balaban J connectivity index is 2.85. The Bertz CT molecular complexity index is 365. The molecule has 0 aliphatic heterocycles. The van der Waals surface area contributed by atoms with E-state index in [1.807, 2.05) is 0 Å². The van der Waals surface area contributed by atoms with Crippen molar-refractivity contribution in [1.29, 1.82) is 0 Å². The molecule has 5 nitrogen and oxygen atoms in total. The minimum atomic E-state index is -0.317. The molecule has 0 atom stereocenters. The molecule has 0 heterocycles. The minimum absolute atomic E-state index is 0.317. The number of rotatable bonds is 5. The SMILES string of the molecule is CCONC(=O)c1ccc(OC)c(OC)c1. The van der Waals surface area contributed by atoms with Crippen LogP contribution in [0.15, 0.2) is 18.2 Å². The van der Waals surface area contributed by atoms with E-state index < -0.39 is 0 Å². The second-order valence-corrected chi connectivity index (χ2v) is 2.93. The van der Waals surface area contributed by atoms with E-state index in [0.29, 0.717) is 23.7 Å². The first-order valence-corrected chi connectivity index (χ1v) is 4.87. The van der Waals surface area contributed by atoms with Gasteiger partial charge in [0, 0.05) is 5.56 Å². The van der Waals surface area contributed by atoms with Crippen molar-refractivity contribution in [3.63, 3.8) is 0 Å². The number of methoxy groups -OCH3 is 2. The summed E-state index contributed by atoms with van der Waals surface area (Å²) in [6.07, 6.45) is 0. The van der Waals surface area contributed by atoms with Crippen molar-refractivity contribution in [2.45, 2.75) is 6.92 Å². The molecule has 0 fully saturated rings. The lowest BCUT2D eigenvalue weighted by Crippen LogP contribution is -2.23. The quantitative estimate of drug-likeness (QED) is 0.769. The monoisotopic (exact) mass is 225 g/mol. The number of hydroxylamine groups is 1. The van der Waals surface area contributed by atoms with Crippen LogP contribution in [0.4, 0.5) is 0 Å². The fourth-order valence-electron chi connectivity index (χ4n) is 1.17. The summed E-state index contributed by atoms with van der Waals surface area (Å²) in [5.74, 6) is 0.768. The van der Waals surface area contributed by atoms with Crippen molar-refractivity contribution < 1.29 is 19.1 Å². The Kier molecular flexibility index (Phi) is 4.60. The van der Waals surface area contributed by atoms with Gasteiger partial charge in [0.15, 0.2) is 11.5 Å². The first-order chi connectivity index (χ1) is 7.72. The third-order valence-electron chi connectivity index (χ3n) is 1.95. The second-order valence-electron chi connectivity index (χ2n) is 2.93. The van der Waals surface area contributed by atoms with Crippen molar-refractivity contribution in [2.24, 2.45) is 0 Å². The zero-order valence-corrected chi connectivity index (χ0v) is 9.57. The van der Waals surface area contributed by atoms with Crippen LogP contribution in [0.2, 0.25) is 0 Å². The van der Waals surface area contributed by atoms with Crippen LogP contribution in [0.25, 0.3) is 0 Å². The van der Waals surface area contributed by atoms with Gasteiger partial charge < -0.3 is 9.47 Å². The van der Waals surface area contributed by atoms with Gasteiger partial charge in [0.05, 0.1) is 20.8 Å². The van der Waals surface area contributed by atoms with E-state index in [-0.39, 0.29) is 5.91 Å². The molecule has 1 N–H and O–H groups in total. The maximum Gasteiger partial charge on any atom is 0.274 e. The first kappa shape index (κ1) is 12.3. The summed E-state index contributed by atoms with van der Waals surface area (Å²) in [5.41, 5.74) is 2.75. The third kappa shape index (κ3) is 2.87. The molecule has 1 aromatic rings. The molecule has 0 radical (unpaired) electrons. The maximum atomic E-state index is 11.5. The van der Waals surface area contributed by atoms with Crippen molar-refractivity contribution in [3.8, 4) is 11.5 Å². The average molecular weight is 225 g/mol. The zero-order valence-electron chi connectivity index (χ0n) is 9.57.